The van der Waals surface area contributed by atoms with Crippen LogP contribution in [0, 0.1) is 13.8 Å². The average Bonchev–Trinajstić information content (AvgIpc) is 3.04. The number of pyridine rings is 1. The van der Waals surface area contributed by atoms with Gasteiger partial charge in [-0.1, -0.05) is 18.2 Å². The predicted molar refractivity (Wildman–Crippen MR) is 94.5 cm³/mol. The molecule has 0 aliphatic carbocycles. The maximum atomic E-state index is 12.7. The molecule has 0 radical (unpaired) electrons. The van der Waals surface area contributed by atoms with E-state index in [4.69, 9.17) is 4.74 Å². The van der Waals surface area contributed by atoms with Crippen molar-refractivity contribution >= 4 is 23.4 Å². The molecule has 5 heteroatoms. The zero-order chi connectivity index (χ0) is 16.2. The van der Waals surface area contributed by atoms with E-state index < -0.39 is 0 Å². The van der Waals surface area contributed by atoms with Crippen LogP contribution in [0.15, 0.2) is 36.5 Å². The Morgan fingerprint density at radius 2 is 2.04 bits per heavy atom. The van der Waals surface area contributed by atoms with Gasteiger partial charge >= 0.3 is 0 Å². The normalized spacial score (nSPS) is 17.0. The number of hydrogen-bond donors (Lipinski definition) is 1. The number of carbonyl (C=O) groups excluding carboxylic acids is 1. The van der Waals surface area contributed by atoms with Crippen LogP contribution in [-0.4, -0.2) is 28.5 Å². The van der Waals surface area contributed by atoms with Crippen LogP contribution >= 0.6 is 11.8 Å². The summed E-state index contributed by atoms with van der Waals surface area (Å²) >= 11 is 1.87. The Kier molecular flexibility index (Phi) is 4.86. The summed E-state index contributed by atoms with van der Waals surface area (Å²) in [6, 6.07) is 9.47. The Hall–Kier alpha value is -2.01. The fourth-order valence-electron chi connectivity index (χ4n) is 2.61. The number of hydrogen-bond acceptors (Lipinski definition) is 4. The van der Waals surface area contributed by atoms with Crippen molar-refractivity contribution in [1.29, 1.82) is 0 Å². The fraction of sp³-hybridized carbons (Fsp3) is 0.333. The number of aryl methyl sites for hydroxylation is 2. The van der Waals surface area contributed by atoms with E-state index in [1.807, 2.05) is 43.8 Å². The Bertz CT molecular complexity index is 692. The standard InChI is InChI=1S/C18H20N2O2S/c1-12-5-3-6-13(2)16(12)20-17(21)15-7-4-9-19-18(15)22-14-8-10-23-11-14/h3-7,9,14H,8,10-11H2,1-2H3,(H,20,21). The largest absolute Gasteiger partial charge is 0.473 e. The summed E-state index contributed by atoms with van der Waals surface area (Å²) in [7, 11) is 0. The number of anilines is 1. The van der Waals surface area contributed by atoms with Gasteiger partial charge in [-0.2, -0.15) is 11.8 Å². The minimum atomic E-state index is -0.184. The van der Waals surface area contributed by atoms with Gasteiger partial charge in [0.05, 0.1) is 0 Å². The first-order valence-corrected chi connectivity index (χ1v) is 8.87. The lowest BCUT2D eigenvalue weighted by Gasteiger charge is -2.16. The molecule has 4 nitrogen and oxygen atoms in total. The molecule has 1 N–H and O–H groups in total. The number of thioether (sulfide) groups is 1. The van der Waals surface area contributed by atoms with Crippen LogP contribution in [0.1, 0.15) is 27.9 Å². The van der Waals surface area contributed by atoms with E-state index in [2.05, 4.69) is 10.3 Å². The van der Waals surface area contributed by atoms with Crippen molar-refractivity contribution in [3.8, 4) is 5.88 Å². The van der Waals surface area contributed by atoms with Crippen molar-refractivity contribution in [3.05, 3.63) is 53.2 Å². The van der Waals surface area contributed by atoms with Crippen molar-refractivity contribution in [2.24, 2.45) is 0 Å². The maximum absolute atomic E-state index is 12.7. The summed E-state index contributed by atoms with van der Waals surface area (Å²) < 4.78 is 5.93. The highest BCUT2D eigenvalue weighted by molar-refractivity contribution is 7.99. The van der Waals surface area contributed by atoms with Gasteiger partial charge < -0.3 is 10.1 Å². The third-order valence-electron chi connectivity index (χ3n) is 3.90. The summed E-state index contributed by atoms with van der Waals surface area (Å²) in [6.07, 6.45) is 2.80. The molecule has 120 valence electrons. The summed E-state index contributed by atoms with van der Waals surface area (Å²) in [5.41, 5.74) is 3.41. The third kappa shape index (κ3) is 3.67. The number of nitrogens with one attached hydrogen (secondary N) is 1. The molecule has 2 heterocycles. The van der Waals surface area contributed by atoms with Crippen LogP contribution in [0.2, 0.25) is 0 Å². The van der Waals surface area contributed by atoms with Crippen molar-refractivity contribution in [1.82, 2.24) is 4.98 Å². The highest BCUT2D eigenvalue weighted by Crippen LogP contribution is 2.26. The van der Waals surface area contributed by atoms with E-state index in [1.165, 1.54) is 0 Å². The maximum Gasteiger partial charge on any atom is 0.261 e. The van der Waals surface area contributed by atoms with Crippen LogP contribution < -0.4 is 10.1 Å². The number of carbonyl (C=O) groups is 1. The fourth-order valence-corrected chi connectivity index (χ4v) is 3.71. The first kappa shape index (κ1) is 15.9. The van der Waals surface area contributed by atoms with Gasteiger partial charge in [0, 0.05) is 17.6 Å². The molecule has 1 aliphatic rings. The number of nitrogens with zero attached hydrogens (tertiary/aromatic N) is 1. The van der Waals surface area contributed by atoms with Gasteiger partial charge in [-0.3, -0.25) is 4.79 Å². The van der Waals surface area contributed by atoms with Gasteiger partial charge in [0.25, 0.3) is 5.91 Å². The number of ether oxygens (including phenoxy) is 1. The van der Waals surface area contributed by atoms with Crippen LogP contribution in [0.3, 0.4) is 0 Å². The monoisotopic (exact) mass is 328 g/mol. The minimum absolute atomic E-state index is 0.140. The lowest BCUT2D eigenvalue weighted by Crippen LogP contribution is -2.20. The molecule has 1 aromatic heterocycles. The number of aromatic nitrogens is 1. The lowest BCUT2D eigenvalue weighted by atomic mass is 10.1. The Balaban J connectivity index is 1.82. The van der Waals surface area contributed by atoms with Crippen LogP contribution in [0.25, 0.3) is 0 Å². The van der Waals surface area contributed by atoms with Crippen LogP contribution in [0.4, 0.5) is 5.69 Å². The van der Waals surface area contributed by atoms with E-state index in [9.17, 15) is 4.79 Å². The van der Waals surface area contributed by atoms with Crippen molar-refractivity contribution in [2.45, 2.75) is 26.4 Å². The molecule has 1 saturated heterocycles. The summed E-state index contributed by atoms with van der Waals surface area (Å²) in [4.78, 5) is 16.9. The summed E-state index contributed by atoms with van der Waals surface area (Å²) in [6.45, 7) is 3.97. The molecule has 1 fully saturated rings. The Labute approximate surface area is 140 Å². The van der Waals surface area contributed by atoms with Gasteiger partial charge in [-0.05, 0) is 49.3 Å². The van der Waals surface area contributed by atoms with E-state index in [-0.39, 0.29) is 12.0 Å². The van der Waals surface area contributed by atoms with Gasteiger partial charge in [0.1, 0.15) is 11.7 Å². The average molecular weight is 328 g/mol. The minimum Gasteiger partial charge on any atom is -0.473 e. The molecule has 0 spiro atoms. The SMILES string of the molecule is Cc1cccc(C)c1NC(=O)c1cccnc1OC1CCSC1. The molecule has 23 heavy (non-hydrogen) atoms. The van der Waals surface area contributed by atoms with Gasteiger partial charge in [0.2, 0.25) is 5.88 Å². The first-order chi connectivity index (χ1) is 11.1. The first-order valence-electron chi connectivity index (χ1n) is 7.72. The second-order valence-corrected chi connectivity index (χ2v) is 6.83. The quantitative estimate of drug-likeness (QED) is 0.926. The lowest BCUT2D eigenvalue weighted by molar-refractivity contribution is 0.101. The second-order valence-electron chi connectivity index (χ2n) is 5.68. The number of benzene rings is 1. The third-order valence-corrected chi connectivity index (χ3v) is 5.03. The van der Waals surface area contributed by atoms with Crippen LogP contribution in [0.5, 0.6) is 5.88 Å². The topological polar surface area (TPSA) is 51.2 Å². The van der Waals surface area contributed by atoms with Crippen LogP contribution in [-0.2, 0) is 0 Å². The van der Waals surface area contributed by atoms with E-state index in [0.29, 0.717) is 11.4 Å². The highest BCUT2D eigenvalue weighted by atomic mass is 32.2. The molecular formula is C18H20N2O2S. The molecule has 1 aromatic carbocycles. The zero-order valence-corrected chi connectivity index (χ0v) is 14.2. The van der Waals surface area contributed by atoms with E-state index >= 15 is 0 Å². The van der Waals surface area contributed by atoms with Crippen molar-refractivity contribution < 1.29 is 9.53 Å². The molecule has 1 atom stereocenters. The molecule has 1 amide bonds. The van der Waals surface area contributed by atoms with Crippen molar-refractivity contribution in [2.75, 3.05) is 16.8 Å². The Morgan fingerprint density at radius 1 is 1.26 bits per heavy atom. The molecule has 0 saturated carbocycles. The predicted octanol–water partition coefficient (Wildman–Crippen LogP) is 3.84. The Morgan fingerprint density at radius 3 is 2.74 bits per heavy atom. The van der Waals surface area contributed by atoms with E-state index in [1.54, 1.807) is 18.3 Å². The van der Waals surface area contributed by atoms with Gasteiger partial charge in [-0.25, -0.2) is 4.98 Å². The number of para-hydroxylation sites is 1. The number of rotatable bonds is 4. The second kappa shape index (κ2) is 7.04. The summed E-state index contributed by atoms with van der Waals surface area (Å²) in [5, 5.41) is 3.00. The molecule has 1 unspecified atom stereocenters. The van der Waals surface area contributed by atoms with Gasteiger partial charge in [0.15, 0.2) is 0 Å². The van der Waals surface area contributed by atoms with E-state index in [0.717, 1.165) is 34.7 Å². The number of amides is 1. The highest BCUT2D eigenvalue weighted by Gasteiger charge is 2.21. The molecule has 1 aliphatic heterocycles. The zero-order valence-electron chi connectivity index (χ0n) is 13.3. The van der Waals surface area contributed by atoms with Gasteiger partial charge in [-0.15, -0.1) is 0 Å². The van der Waals surface area contributed by atoms with Crippen molar-refractivity contribution in [3.63, 3.8) is 0 Å². The smallest absolute Gasteiger partial charge is 0.261 e. The molecule has 0 bridgehead atoms. The molecule has 3 rings (SSSR count). The molecular weight excluding hydrogens is 308 g/mol. The summed E-state index contributed by atoms with van der Waals surface area (Å²) in [5.74, 6) is 2.29. The molecule has 2 aromatic rings.